The number of benzene rings is 1. The van der Waals surface area contributed by atoms with Gasteiger partial charge in [0.15, 0.2) is 0 Å². The SMILES string of the molecule is CC(C)CCNCCC(=O)Nc1c(C(C)C)cccc1C(C)C. The Morgan fingerprint density at radius 3 is 2.00 bits per heavy atom. The Hall–Kier alpha value is -1.35. The normalized spacial score (nSPS) is 11.5. The summed E-state index contributed by atoms with van der Waals surface area (Å²) in [4.78, 5) is 12.3. The third-order valence-electron chi connectivity index (χ3n) is 4.06. The van der Waals surface area contributed by atoms with Crippen LogP contribution in [-0.4, -0.2) is 19.0 Å². The zero-order valence-electron chi connectivity index (χ0n) is 15.7. The molecule has 0 spiro atoms. The summed E-state index contributed by atoms with van der Waals surface area (Å²) in [6.07, 6.45) is 1.66. The van der Waals surface area contributed by atoms with Gasteiger partial charge in [-0.15, -0.1) is 0 Å². The van der Waals surface area contributed by atoms with Gasteiger partial charge in [-0.2, -0.15) is 0 Å². The average molecular weight is 319 g/mol. The van der Waals surface area contributed by atoms with Gasteiger partial charge in [0.2, 0.25) is 5.91 Å². The predicted molar refractivity (Wildman–Crippen MR) is 100 cm³/mol. The second-order valence-corrected chi connectivity index (χ2v) is 7.35. The van der Waals surface area contributed by atoms with Crippen molar-refractivity contribution in [3.63, 3.8) is 0 Å². The molecule has 1 aromatic rings. The number of carbonyl (C=O) groups is 1. The molecule has 1 amide bonds. The fourth-order valence-corrected chi connectivity index (χ4v) is 2.61. The molecule has 0 bridgehead atoms. The zero-order chi connectivity index (χ0) is 17.4. The molecule has 23 heavy (non-hydrogen) atoms. The average Bonchev–Trinajstić information content (AvgIpc) is 2.46. The summed E-state index contributed by atoms with van der Waals surface area (Å²) in [7, 11) is 0. The van der Waals surface area contributed by atoms with Gasteiger partial charge in [0, 0.05) is 18.7 Å². The van der Waals surface area contributed by atoms with E-state index < -0.39 is 0 Å². The lowest BCUT2D eigenvalue weighted by atomic mass is 9.92. The van der Waals surface area contributed by atoms with Gasteiger partial charge >= 0.3 is 0 Å². The molecule has 0 aromatic heterocycles. The van der Waals surface area contributed by atoms with Gasteiger partial charge in [0.1, 0.15) is 0 Å². The van der Waals surface area contributed by atoms with Crippen molar-refractivity contribution in [1.29, 1.82) is 0 Å². The number of carbonyl (C=O) groups excluding carboxylic acids is 1. The van der Waals surface area contributed by atoms with Gasteiger partial charge in [0.25, 0.3) is 0 Å². The molecule has 0 aliphatic rings. The standard InChI is InChI=1S/C20H34N2O/c1-14(2)10-12-21-13-11-19(23)22-20-17(15(3)4)8-7-9-18(20)16(5)6/h7-9,14-16,21H,10-13H2,1-6H3,(H,22,23). The Morgan fingerprint density at radius 1 is 0.957 bits per heavy atom. The Labute approximate surface area is 142 Å². The summed E-state index contributed by atoms with van der Waals surface area (Å²) in [5, 5.41) is 6.51. The molecule has 130 valence electrons. The third-order valence-corrected chi connectivity index (χ3v) is 4.06. The minimum atomic E-state index is 0.0945. The molecular weight excluding hydrogens is 284 g/mol. The number of para-hydroxylation sites is 1. The van der Waals surface area contributed by atoms with Crippen molar-refractivity contribution < 1.29 is 4.79 Å². The van der Waals surface area contributed by atoms with Crippen molar-refractivity contribution in [2.75, 3.05) is 18.4 Å². The van der Waals surface area contributed by atoms with Gasteiger partial charge in [0.05, 0.1) is 0 Å². The van der Waals surface area contributed by atoms with E-state index in [4.69, 9.17) is 0 Å². The van der Waals surface area contributed by atoms with E-state index in [2.05, 4.69) is 70.4 Å². The van der Waals surface area contributed by atoms with Crippen LogP contribution >= 0.6 is 0 Å². The van der Waals surface area contributed by atoms with Crippen molar-refractivity contribution in [1.82, 2.24) is 5.32 Å². The molecule has 3 heteroatoms. The molecule has 2 N–H and O–H groups in total. The molecule has 0 unspecified atom stereocenters. The van der Waals surface area contributed by atoms with Crippen LogP contribution in [0.1, 0.15) is 77.3 Å². The van der Waals surface area contributed by atoms with Crippen LogP contribution in [0.3, 0.4) is 0 Å². The van der Waals surface area contributed by atoms with Gasteiger partial charge in [-0.25, -0.2) is 0 Å². The first-order valence-electron chi connectivity index (χ1n) is 8.96. The van der Waals surface area contributed by atoms with Crippen LogP contribution in [0.4, 0.5) is 5.69 Å². The van der Waals surface area contributed by atoms with Crippen molar-refractivity contribution in [2.45, 2.75) is 66.2 Å². The first-order valence-corrected chi connectivity index (χ1v) is 8.96. The maximum absolute atomic E-state index is 12.3. The minimum Gasteiger partial charge on any atom is -0.326 e. The van der Waals surface area contributed by atoms with E-state index in [1.54, 1.807) is 0 Å². The molecule has 1 rings (SSSR count). The minimum absolute atomic E-state index is 0.0945. The molecule has 0 heterocycles. The number of hydrogen-bond acceptors (Lipinski definition) is 2. The lowest BCUT2D eigenvalue weighted by Gasteiger charge is -2.20. The van der Waals surface area contributed by atoms with Crippen LogP contribution < -0.4 is 10.6 Å². The lowest BCUT2D eigenvalue weighted by molar-refractivity contribution is -0.116. The van der Waals surface area contributed by atoms with Crippen molar-refractivity contribution in [2.24, 2.45) is 5.92 Å². The number of hydrogen-bond donors (Lipinski definition) is 2. The highest BCUT2D eigenvalue weighted by atomic mass is 16.1. The molecule has 0 saturated carbocycles. The second-order valence-electron chi connectivity index (χ2n) is 7.35. The quantitative estimate of drug-likeness (QED) is 0.636. The number of amides is 1. The van der Waals surface area contributed by atoms with Crippen LogP contribution in [0.25, 0.3) is 0 Å². The van der Waals surface area contributed by atoms with E-state index in [0.29, 0.717) is 24.2 Å². The Kier molecular flexibility index (Phi) is 8.32. The van der Waals surface area contributed by atoms with Gasteiger partial charge in [-0.1, -0.05) is 59.7 Å². The summed E-state index contributed by atoms with van der Waals surface area (Å²) in [6, 6.07) is 6.33. The smallest absolute Gasteiger partial charge is 0.225 e. The summed E-state index contributed by atoms with van der Waals surface area (Å²) >= 11 is 0. The number of anilines is 1. The van der Waals surface area contributed by atoms with E-state index in [1.165, 1.54) is 11.1 Å². The Morgan fingerprint density at radius 2 is 1.52 bits per heavy atom. The molecule has 0 aliphatic heterocycles. The zero-order valence-corrected chi connectivity index (χ0v) is 15.7. The molecule has 0 saturated heterocycles. The largest absolute Gasteiger partial charge is 0.326 e. The lowest BCUT2D eigenvalue weighted by Crippen LogP contribution is -2.24. The molecule has 1 aromatic carbocycles. The maximum atomic E-state index is 12.3. The molecule has 0 atom stereocenters. The van der Waals surface area contributed by atoms with Crippen molar-refractivity contribution >= 4 is 11.6 Å². The van der Waals surface area contributed by atoms with E-state index in [0.717, 1.165) is 25.2 Å². The third kappa shape index (κ3) is 6.74. The summed E-state index contributed by atoms with van der Waals surface area (Å²) in [6.45, 7) is 14.8. The van der Waals surface area contributed by atoms with Crippen LogP contribution in [0.15, 0.2) is 18.2 Å². The number of nitrogens with one attached hydrogen (secondary N) is 2. The predicted octanol–water partition coefficient (Wildman–Crippen LogP) is 4.90. The fraction of sp³-hybridized carbons (Fsp3) is 0.650. The van der Waals surface area contributed by atoms with Crippen LogP contribution in [0.2, 0.25) is 0 Å². The van der Waals surface area contributed by atoms with Crippen LogP contribution in [-0.2, 0) is 4.79 Å². The van der Waals surface area contributed by atoms with Crippen molar-refractivity contribution in [3.05, 3.63) is 29.3 Å². The Balaban J connectivity index is 2.66. The van der Waals surface area contributed by atoms with Gasteiger partial charge < -0.3 is 10.6 Å². The highest BCUT2D eigenvalue weighted by molar-refractivity contribution is 5.92. The Bertz CT molecular complexity index is 466. The molecular formula is C20H34N2O. The highest BCUT2D eigenvalue weighted by Crippen LogP contribution is 2.32. The van der Waals surface area contributed by atoms with E-state index in [9.17, 15) is 4.79 Å². The maximum Gasteiger partial charge on any atom is 0.225 e. The topological polar surface area (TPSA) is 41.1 Å². The fourth-order valence-electron chi connectivity index (χ4n) is 2.61. The summed E-state index contributed by atoms with van der Waals surface area (Å²) in [5.41, 5.74) is 3.46. The second kappa shape index (κ2) is 9.71. The molecule has 0 aliphatic carbocycles. The van der Waals surface area contributed by atoms with Gasteiger partial charge in [-0.3, -0.25) is 4.79 Å². The molecule has 0 radical (unpaired) electrons. The summed E-state index contributed by atoms with van der Waals surface area (Å²) < 4.78 is 0. The summed E-state index contributed by atoms with van der Waals surface area (Å²) in [5.74, 6) is 1.58. The van der Waals surface area contributed by atoms with E-state index in [1.807, 2.05) is 0 Å². The number of rotatable bonds is 9. The van der Waals surface area contributed by atoms with Crippen LogP contribution in [0, 0.1) is 5.92 Å². The highest BCUT2D eigenvalue weighted by Gasteiger charge is 2.15. The molecule has 0 fully saturated rings. The first kappa shape index (κ1) is 19.7. The molecule has 3 nitrogen and oxygen atoms in total. The van der Waals surface area contributed by atoms with E-state index in [-0.39, 0.29) is 5.91 Å². The van der Waals surface area contributed by atoms with Crippen LogP contribution in [0.5, 0.6) is 0 Å². The monoisotopic (exact) mass is 318 g/mol. The first-order chi connectivity index (χ1) is 10.8. The van der Waals surface area contributed by atoms with Gasteiger partial charge in [-0.05, 0) is 41.8 Å². The van der Waals surface area contributed by atoms with E-state index >= 15 is 0 Å². The van der Waals surface area contributed by atoms with Crippen molar-refractivity contribution in [3.8, 4) is 0 Å².